The lowest BCUT2D eigenvalue weighted by Gasteiger charge is -2.24. The minimum absolute atomic E-state index is 0.0288. The Kier molecular flexibility index (Phi) is 2.80. The molecule has 90 valence electrons. The van der Waals surface area contributed by atoms with Crippen molar-refractivity contribution in [3.05, 3.63) is 64.7 Å². The van der Waals surface area contributed by atoms with Gasteiger partial charge in [0.2, 0.25) is 0 Å². The van der Waals surface area contributed by atoms with Crippen LogP contribution in [0.1, 0.15) is 23.5 Å². The molecule has 0 fully saturated rings. The van der Waals surface area contributed by atoms with Gasteiger partial charge in [0.1, 0.15) is 5.75 Å². The molecule has 2 nitrogen and oxygen atoms in total. The zero-order chi connectivity index (χ0) is 12.5. The summed E-state index contributed by atoms with van der Waals surface area (Å²) in [6.07, 6.45) is 0.358. The van der Waals surface area contributed by atoms with E-state index in [0.29, 0.717) is 17.2 Å². The second-order valence-corrected chi connectivity index (χ2v) is 4.76. The fourth-order valence-corrected chi connectivity index (χ4v) is 2.49. The number of fused-ring (bicyclic) bond motifs is 1. The van der Waals surface area contributed by atoms with Crippen molar-refractivity contribution in [3.8, 4) is 5.75 Å². The largest absolute Gasteiger partial charge is 0.426 e. The Hall–Kier alpha value is -1.80. The van der Waals surface area contributed by atoms with Crippen molar-refractivity contribution >= 4 is 17.6 Å². The van der Waals surface area contributed by atoms with Crippen molar-refractivity contribution in [2.45, 2.75) is 12.3 Å². The van der Waals surface area contributed by atoms with Gasteiger partial charge in [0.05, 0.1) is 6.42 Å². The first kappa shape index (κ1) is 11.3. The smallest absolute Gasteiger partial charge is 0.312 e. The van der Waals surface area contributed by atoms with Gasteiger partial charge in [-0.1, -0.05) is 41.9 Å². The molecule has 1 aliphatic rings. The zero-order valence-corrected chi connectivity index (χ0v) is 10.4. The van der Waals surface area contributed by atoms with Gasteiger partial charge in [-0.25, -0.2) is 0 Å². The number of benzene rings is 2. The van der Waals surface area contributed by atoms with Crippen LogP contribution in [0, 0.1) is 0 Å². The summed E-state index contributed by atoms with van der Waals surface area (Å²) in [5.41, 5.74) is 2.09. The minimum Gasteiger partial charge on any atom is -0.426 e. The van der Waals surface area contributed by atoms with Gasteiger partial charge in [0.15, 0.2) is 0 Å². The average Bonchev–Trinajstić information content (AvgIpc) is 2.39. The fourth-order valence-electron chi connectivity index (χ4n) is 2.31. The Labute approximate surface area is 110 Å². The van der Waals surface area contributed by atoms with Crippen molar-refractivity contribution in [2.75, 3.05) is 0 Å². The molecule has 0 spiro atoms. The molecule has 1 aliphatic heterocycles. The van der Waals surface area contributed by atoms with Gasteiger partial charge in [-0.2, -0.15) is 0 Å². The van der Waals surface area contributed by atoms with E-state index in [9.17, 15) is 4.79 Å². The number of esters is 1. The fraction of sp³-hybridized carbons (Fsp3) is 0.133. The van der Waals surface area contributed by atoms with Gasteiger partial charge in [-0.05, 0) is 23.8 Å². The highest BCUT2D eigenvalue weighted by atomic mass is 35.5. The Bertz CT molecular complexity index is 593. The molecule has 2 aromatic rings. The standard InChI is InChI=1S/C15H11ClO2/c16-11-6-7-14-13(8-11)12(9-15(17)18-14)10-4-2-1-3-5-10/h1-8,12H,9H2/t12-/m0/s1. The van der Waals surface area contributed by atoms with Crippen LogP contribution < -0.4 is 4.74 Å². The third kappa shape index (κ3) is 2.00. The number of halogens is 1. The maximum absolute atomic E-state index is 11.6. The number of hydrogen-bond donors (Lipinski definition) is 0. The van der Waals surface area contributed by atoms with Crippen LogP contribution >= 0.6 is 11.6 Å². The SMILES string of the molecule is O=C1C[C@@H](c2ccccc2)c2cc(Cl)ccc2O1. The van der Waals surface area contributed by atoms with E-state index in [1.54, 1.807) is 12.1 Å². The summed E-state index contributed by atoms with van der Waals surface area (Å²) in [5, 5.41) is 0.660. The van der Waals surface area contributed by atoms with Crippen molar-refractivity contribution < 1.29 is 9.53 Å². The van der Waals surface area contributed by atoms with E-state index in [0.717, 1.165) is 11.1 Å². The van der Waals surface area contributed by atoms with Crippen molar-refractivity contribution in [1.82, 2.24) is 0 Å². The van der Waals surface area contributed by atoms with E-state index in [1.165, 1.54) is 0 Å². The van der Waals surface area contributed by atoms with Crippen LogP contribution in [0.15, 0.2) is 48.5 Å². The molecule has 0 amide bonds. The molecule has 3 heteroatoms. The number of rotatable bonds is 1. The summed E-state index contributed by atoms with van der Waals surface area (Å²) < 4.78 is 5.24. The summed E-state index contributed by atoms with van der Waals surface area (Å²) in [6, 6.07) is 15.3. The summed E-state index contributed by atoms with van der Waals surface area (Å²) >= 11 is 6.03. The predicted molar refractivity (Wildman–Crippen MR) is 70.0 cm³/mol. The van der Waals surface area contributed by atoms with Crippen LogP contribution in [0.2, 0.25) is 5.02 Å². The van der Waals surface area contributed by atoms with E-state index in [1.807, 2.05) is 36.4 Å². The van der Waals surface area contributed by atoms with Crippen LogP contribution in [-0.2, 0) is 4.79 Å². The van der Waals surface area contributed by atoms with Crippen molar-refractivity contribution in [1.29, 1.82) is 0 Å². The minimum atomic E-state index is -0.196. The summed E-state index contributed by atoms with van der Waals surface area (Å²) in [7, 11) is 0. The highest BCUT2D eigenvalue weighted by Crippen LogP contribution is 2.39. The molecule has 2 aromatic carbocycles. The van der Waals surface area contributed by atoms with Crippen molar-refractivity contribution in [2.24, 2.45) is 0 Å². The number of carbonyl (C=O) groups is 1. The van der Waals surface area contributed by atoms with Gasteiger partial charge in [-0.15, -0.1) is 0 Å². The van der Waals surface area contributed by atoms with Crippen molar-refractivity contribution in [3.63, 3.8) is 0 Å². The van der Waals surface area contributed by atoms with Crippen LogP contribution in [-0.4, -0.2) is 5.97 Å². The Morgan fingerprint density at radius 1 is 1.11 bits per heavy atom. The number of hydrogen-bond acceptors (Lipinski definition) is 2. The summed E-state index contributed by atoms with van der Waals surface area (Å²) in [6.45, 7) is 0. The molecule has 0 unspecified atom stereocenters. The quantitative estimate of drug-likeness (QED) is 0.575. The predicted octanol–water partition coefficient (Wildman–Crippen LogP) is 3.78. The molecular weight excluding hydrogens is 248 g/mol. The lowest BCUT2D eigenvalue weighted by atomic mass is 9.86. The van der Waals surface area contributed by atoms with E-state index in [-0.39, 0.29) is 11.9 Å². The van der Waals surface area contributed by atoms with Crippen LogP contribution in [0.5, 0.6) is 5.75 Å². The average molecular weight is 259 g/mol. The molecular formula is C15H11ClO2. The second kappa shape index (κ2) is 4.46. The van der Waals surface area contributed by atoms with Crippen LogP contribution in [0.25, 0.3) is 0 Å². The number of carbonyl (C=O) groups excluding carboxylic acids is 1. The lowest BCUT2D eigenvalue weighted by Crippen LogP contribution is -2.20. The molecule has 18 heavy (non-hydrogen) atoms. The topological polar surface area (TPSA) is 26.3 Å². The highest BCUT2D eigenvalue weighted by Gasteiger charge is 2.28. The van der Waals surface area contributed by atoms with Gasteiger partial charge in [0, 0.05) is 16.5 Å². The first-order valence-corrected chi connectivity index (χ1v) is 6.17. The highest BCUT2D eigenvalue weighted by molar-refractivity contribution is 6.30. The number of ether oxygens (including phenoxy) is 1. The zero-order valence-electron chi connectivity index (χ0n) is 9.60. The normalized spacial score (nSPS) is 18.1. The molecule has 1 atom stereocenters. The maximum Gasteiger partial charge on any atom is 0.312 e. The van der Waals surface area contributed by atoms with E-state index in [2.05, 4.69) is 0 Å². The summed E-state index contributed by atoms with van der Waals surface area (Å²) in [5.74, 6) is 0.448. The first-order valence-electron chi connectivity index (χ1n) is 5.79. The Balaban J connectivity index is 2.12. The molecule has 0 bridgehead atoms. The maximum atomic E-state index is 11.6. The molecule has 3 rings (SSSR count). The molecule has 1 heterocycles. The third-order valence-electron chi connectivity index (χ3n) is 3.14. The lowest BCUT2D eigenvalue weighted by molar-refractivity contribution is -0.135. The van der Waals surface area contributed by atoms with E-state index in [4.69, 9.17) is 16.3 Å². The monoisotopic (exact) mass is 258 g/mol. The molecule has 0 radical (unpaired) electrons. The third-order valence-corrected chi connectivity index (χ3v) is 3.38. The molecule has 0 aliphatic carbocycles. The Morgan fingerprint density at radius 2 is 1.89 bits per heavy atom. The van der Waals surface area contributed by atoms with E-state index < -0.39 is 0 Å². The Morgan fingerprint density at radius 3 is 2.67 bits per heavy atom. The van der Waals surface area contributed by atoms with Crippen LogP contribution in [0.3, 0.4) is 0 Å². The molecule has 0 saturated carbocycles. The van der Waals surface area contributed by atoms with Gasteiger partial charge in [0.25, 0.3) is 0 Å². The molecule has 0 N–H and O–H groups in total. The molecule has 0 aromatic heterocycles. The van der Waals surface area contributed by atoms with Gasteiger partial charge in [-0.3, -0.25) is 4.79 Å². The summed E-state index contributed by atoms with van der Waals surface area (Å²) in [4.78, 5) is 11.6. The van der Waals surface area contributed by atoms with Gasteiger partial charge >= 0.3 is 5.97 Å². The first-order chi connectivity index (χ1) is 8.74. The molecule has 0 saturated heterocycles. The second-order valence-electron chi connectivity index (χ2n) is 4.32. The van der Waals surface area contributed by atoms with Crippen LogP contribution in [0.4, 0.5) is 0 Å². The van der Waals surface area contributed by atoms with Gasteiger partial charge < -0.3 is 4.74 Å². The van der Waals surface area contributed by atoms with E-state index >= 15 is 0 Å².